The zero-order valence-electron chi connectivity index (χ0n) is 18.0. The third-order valence-electron chi connectivity index (χ3n) is 6.75. The molecule has 2 fully saturated rings. The van der Waals surface area contributed by atoms with Crippen LogP contribution in [-0.4, -0.2) is 43.1 Å². The summed E-state index contributed by atoms with van der Waals surface area (Å²) in [6.07, 6.45) is 7.59. The van der Waals surface area contributed by atoms with E-state index in [4.69, 9.17) is 4.74 Å². The molecule has 0 atom stereocenters. The van der Waals surface area contributed by atoms with Gasteiger partial charge in [0.2, 0.25) is 5.91 Å². The highest BCUT2D eigenvalue weighted by atomic mass is 16.5. The van der Waals surface area contributed by atoms with Crippen molar-refractivity contribution < 1.29 is 14.3 Å². The van der Waals surface area contributed by atoms with Crippen molar-refractivity contribution in [2.24, 2.45) is 11.3 Å². The predicted molar refractivity (Wildman–Crippen MR) is 115 cm³/mol. The Morgan fingerprint density at radius 1 is 1.17 bits per heavy atom. The Bertz CT molecular complexity index is 678. The van der Waals surface area contributed by atoms with E-state index in [9.17, 15) is 9.59 Å². The van der Waals surface area contributed by atoms with Crippen molar-refractivity contribution in [2.75, 3.05) is 26.2 Å². The second-order valence-electron chi connectivity index (χ2n) is 8.84. The van der Waals surface area contributed by atoms with Crippen molar-refractivity contribution in [3.8, 4) is 0 Å². The lowest BCUT2D eigenvalue weighted by molar-refractivity contribution is -0.138. The zero-order chi connectivity index (χ0) is 20.7. The number of benzene rings is 1. The number of likely N-dealkylation sites (tertiary alicyclic amines) is 1. The first-order valence-electron chi connectivity index (χ1n) is 11.3. The standard InChI is InChI=1S/C24H36N2O3/c1-3-20-5-7-21(8-6-20)11-15-25-23(28)29-18-4-16-26-17-14-24(22(26)27)12-9-19(2)10-13-24/h5-8,19H,3-4,9-18H2,1-2H3,(H,25,28). The summed E-state index contributed by atoms with van der Waals surface area (Å²) in [4.78, 5) is 26.7. The van der Waals surface area contributed by atoms with Gasteiger partial charge in [-0.25, -0.2) is 4.79 Å². The summed E-state index contributed by atoms with van der Waals surface area (Å²) in [5, 5.41) is 2.81. The van der Waals surface area contributed by atoms with Crippen molar-refractivity contribution in [1.82, 2.24) is 10.2 Å². The van der Waals surface area contributed by atoms with Crippen molar-refractivity contribution in [2.45, 2.75) is 65.2 Å². The third-order valence-corrected chi connectivity index (χ3v) is 6.75. The van der Waals surface area contributed by atoms with Gasteiger partial charge < -0.3 is 15.0 Å². The predicted octanol–water partition coefficient (Wildman–Crippen LogP) is 4.34. The minimum Gasteiger partial charge on any atom is -0.449 e. The lowest BCUT2D eigenvalue weighted by atomic mass is 9.70. The number of nitrogens with one attached hydrogen (secondary N) is 1. The molecule has 0 unspecified atom stereocenters. The summed E-state index contributed by atoms with van der Waals surface area (Å²) in [5.74, 6) is 1.09. The molecule has 0 bridgehead atoms. The molecule has 1 spiro atoms. The van der Waals surface area contributed by atoms with Gasteiger partial charge in [0.1, 0.15) is 0 Å². The van der Waals surface area contributed by atoms with Gasteiger partial charge in [0.15, 0.2) is 0 Å². The first-order valence-corrected chi connectivity index (χ1v) is 11.3. The number of ether oxygens (including phenoxy) is 1. The Morgan fingerprint density at radius 3 is 2.55 bits per heavy atom. The van der Waals surface area contributed by atoms with Gasteiger partial charge in [-0.05, 0) is 68.4 Å². The Labute approximate surface area is 175 Å². The largest absolute Gasteiger partial charge is 0.449 e. The van der Waals surface area contributed by atoms with Crippen LogP contribution in [-0.2, 0) is 22.4 Å². The highest BCUT2D eigenvalue weighted by Crippen LogP contribution is 2.46. The van der Waals surface area contributed by atoms with Crippen LogP contribution in [0.3, 0.4) is 0 Å². The van der Waals surface area contributed by atoms with E-state index < -0.39 is 0 Å². The van der Waals surface area contributed by atoms with Crippen LogP contribution in [0.2, 0.25) is 0 Å². The summed E-state index contributed by atoms with van der Waals surface area (Å²) in [7, 11) is 0. The van der Waals surface area contributed by atoms with Gasteiger partial charge >= 0.3 is 6.09 Å². The fourth-order valence-electron chi connectivity index (χ4n) is 4.61. The molecule has 1 aliphatic carbocycles. The van der Waals surface area contributed by atoms with Crippen molar-refractivity contribution in [3.63, 3.8) is 0 Å². The average molecular weight is 401 g/mol. The zero-order valence-corrected chi connectivity index (χ0v) is 18.0. The summed E-state index contributed by atoms with van der Waals surface area (Å²) in [6, 6.07) is 8.48. The molecule has 1 saturated carbocycles. The molecular weight excluding hydrogens is 364 g/mol. The number of alkyl carbamates (subject to hydrolysis) is 1. The number of hydrogen-bond donors (Lipinski definition) is 1. The molecule has 160 valence electrons. The van der Waals surface area contributed by atoms with Crippen LogP contribution < -0.4 is 5.32 Å². The van der Waals surface area contributed by atoms with Gasteiger partial charge in [0.25, 0.3) is 0 Å². The van der Waals surface area contributed by atoms with E-state index in [0.29, 0.717) is 32.0 Å². The summed E-state index contributed by atoms with van der Waals surface area (Å²) in [6.45, 7) is 6.89. The molecule has 2 aliphatic rings. The van der Waals surface area contributed by atoms with Crippen molar-refractivity contribution >= 4 is 12.0 Å². The van der Waals surface area contributed by atoms with E-state index in [1.165, 1.54) is 24.0 Å². The number of carbonyl (C=O) groups excluding carboxylic acids is 2. The van der Waals surface area contributed by atoms with E-state index in [1.807, 2.05) is 4.90 Å². The van der Waals surface area contributed by atoms with Crippen LogP contribution in [0.1, 0.15) is 63.5 Å². The van der Waals surface area contributed by atoms with Gasteiger partial charge in [0, 0.05) is 19.6 Å². The molecule has 1 heterocycles. The summed E-state index contributed by atoms with van der Waals surface area (Å²) < 4.78 is 5.27. The number of rotatable bonds is 8. The quantitative estimate of drug-likeness (QED) is 0.661. The number of nitrogens with zero attached hydrogens (tertiary/aromatic N) is 1. The van der Waals surface area contributed by atoms with Crippen LogP contribution >= 0.6 is 0 Å². The minimum absolute atomic E-state index is 0.0833. The van der Waals surface area contributed by atoms with Crippen LogP contribution in [0.25, 0.3) is 0 Å². The number of hydrogen-bond acceptors (Lipinski definition) is 3. The molecule has 2 amide bonds. The van der Waals surface area contributed by atoms with Crippen LogP contribution in [0, 0.1) is 11.3 Å². The molecule has 29 heavy (non-hydrogen) atoms. The van der Waals surface area contributed by atoms with Crippen LogP contribution in [0.5, 0.6) is 0 Å². The lowest BCUT2D eigenvalue weighted by Gasteiger charge is -2.34. The maximum atomic E-state index is 12.8. The molecule has 5 heteroatoms. The maximum Gasteiger partial charge on any atom is 0.407 e. The lowest BCUT2D eigenvalue weighted by Crippen LogP contribution is -2.38. The molecule has 1 aliphatic heterocycles. The first-order chi connectivity index (χ1) is 14.0. The van der Waals surface area contributed by atoms with Gasteiger partial charge in [-0.15, -0.1) is 0 Å². The molecule has 1 N–H and O–H groups in total. The van der Waals surface area contributed by atoms with Gasteiger partial charge in [-0.2, -0.15) is 0 Å². The van der Waals surface area contributed by atoms with Crippen molar-refractivity contribution in [3.05, 3.63) is 35.4 Å². The molecule has 5 nitrogen and oxygen atoms in total. The van der Waals surface area contributed by atoms with E-state index in [1.54, 1.807) is 0 Å². The molecule has 3 rings (SSSR count). The van der Waals surface area contributed by atoms with Crippen LogP contribution in [0.4, 0.5) is 4.79 Å². The minimum atomic E-state index is -0.374. The molecule has 0 aromatic heterocycles. The first kappa shape index (κ1) is 21.7. The molecule has 1 aromatic carbocycles. The fraction of sp³-hybridized carbons (Fsp3) is 0.667. The monoisotopic (exact) mass is 400 g/mol. The van der Waals surface area contributed by atoms with Gasteiger partial charge in [0.05, 0.1) is 12.0 Å². The van der Waals surface area contributed by atoms with Crippen molar-refractivity contribution in [1.29, 1.82) is 0 Å². The molecule has 1 aromatic rings. The topological polar surface area (TPSA) is 58.6 Å². The average Bonchev–Trinajstić information content (AvgIpc) is 3.04. The molecular formula is C24H36N2O3. The van der Waals surface area contributed by atoms with Gasteiger partial charge in [-0.3, -0.25) is 4.79 Å². The maximum absolute atomic E-state index is 12.8. The second-order valence-corrected chi connectivity index (χ2v) is 8.84. The Balaban J connectivity index is 1.28. The van der Waals surface area contributed by atoms with E-state index in [0.717, 1.165) is 44.6 Å². The highest BCUT2D eigenvalue weighted by molar-refractivity contribution is 5.85. The van der Waals surface area contributed by atoms with Gasteiger partial charge in [-0.1, -0.05) is 38.1 Å². The smallest absolute Gasteiger partial charge is 0.407 e. The van der Waals surface area contributed by atoms with E-state index in [2.05, 4.69) is 43.4 Å². The fourth-order valence-corrected chi connectivity index (χ4v) is 4.61. The summed E-state index contributed by atoms with van der Waals surface area (Å²) in [5.41, 5.74) is 2.45. The SMILES string of the molecule is CCc1ccc(CCNC(=O)OCCCN2CCC3(CCC(C)CC3)C2=O)cc1. The number of carbonyl (C=O) groups is 2. The Morgan fingerprint density at radius 2 is 1.86 bits per heavy atom. The summed E-state index contributed by atoms with van der Waals surface area (Å²) >= 11 is 0. The van der Waals surface area contributed by atoms with E-state index >= 15 is 0 Å². The Hall–Kier alpha value is -2.04. The molecule has 1 saturated heterocycles. The molecule has 0 radical (unpaired) electrons. The van der Waals surface area contributed by atoms with E-state index in [-0.39, 0.29) is 11.5 Å². The normalized spacial score (nSPS) is 24.1. The third kappa shape index (κ3) is 5.74. The highest BCUT2D eigenvalue weighted by Gasteiger charge is 2.47. The number of aryl methyl sites for hydroxylation is 1. The number of amides is 2. The Kier molecular flexibility index (Phi) is 7.57. The second kappa shape index (κ2) is 10.1. The van der Waals surface area contributed by atoms with Crippen LogP contribution in [0.15, 0.2) is 24.3 Å².